The minimum absolute atomic E-state index is 0.137. The first-order valence-electron chi connectivity index (χ1n) is 11.9. The lowest BCUT2D eigenvalue weighted by Crippen LogP contribution is -2.36. The van der Waals surface area contributed by atoms with E-state index in [0.717, 1.165) is 48.6 Å². The Morgan fingerprint density at radius 2 is 2.00 bits per heavy atom. The number of fused-ring (bicyclic) bond motifs is 3. The predicted octanol–water partition coefficient (Wildman–Crippen LogP) is 5.41. The molecule has 3 aliphatic rings. The van der Waals surface area contributed by atoms with Gasteiger partial charge >= 0.3 is 5.97 Å². The van der Waals surface area contributed by atoms with Crippen LogP contribution in [0.15, 0.2) is 30.6 Å². The maximum Gasteiger partial charge on any atom is 0.340 e. The van der Waals surface area contributed by atoms with E-state index in [1.807, 2.05) is 31.5 Å². The standard InChI is InChI=1S/C26H28N4O3/c1-4-14(2)19-12-28-24(33-16-5-6-16)20-13-27-22(11-18(19)20)29-21-8-7-17-23(30-21)26(9-10-26)15(3)32-25(17)31/h7-8,11-16H,4-6,9-10H2,1-3H3,(H,27,29,30). The quantitative estimate of drug-likeness (QED) is 0.509. The lowest BCUT2D eigenvalue weighted by Gasteiger charge is -2.30. The van der Waals surface area contributed by atoms with Crippen molar-refractivity contribution in [3.05, 3.63) is 47.4 Å². The highest BCUT2D eigenvalue weighted by Gasteiger charge is 2.56. The van der Waals surface area contributed by atoms with Crippen LogP contribution in [-0.4, -0.2) is 33.1 Å². The Bertz CT molecular complexity index is 1270. The van der Waals surface area contributed by atoms with Gasteiger partial charge in [0, 0.05) is 12.4 Å². The Morgan fingerprint density at radius 1 is 1.18 bits per heavy atom. The Balaban J connectivity index is 1.38. The SMILES string of the molecule is CCC(C)c1cnc(OC2CC2)c2cnc(Nc3ccc4c(n3)C3(CC3)C(C)OC4=O)cc12. The second-order valence-electron chi connectivity index (χ2n) is 9.68. The highest BCUT2D eigenvalue weighted by Crippen LogP contribution is 2.54. The highest BCUT2D eigenvalue weighted by atomic mass is 16.5. The second-order valence-corrected chi connectivity index (χ2v) is 9.68. The number of carbonyl (C=O) groups excluding carboxylic acids is 1. The molecule has 33 heavy (non-hydrogen) atoms. The predicted molar refractivity (Wildman–Crippen MR) is 125 cm³/mol. The minimum atomic E-state index is -0.285. The smallest absolute Gasteiger partial charge is 0.340 e. The van der Waals surface area contributed by atoms with Gasteiger partial charge < -0.3 is 14.8 Å². The fourth-order valence-electron chi connectivity index (χ4n) is 4.76. The Labute approximate surface area is 192 Å². The summed E-state index contributed by atoms with van der Waals surface area (Å²) in [5, 5.41) is 5.40. The fraction of sp³-hybridized carbons (Fsp3) is 0.462. The molecule has 3 aromatic heterocycles. The van der Waals surface area contributed by atoms with E-state index in [0.29, 0.717) is 29.0 Å². The Hall–Kier alpha value is -3.22. The molecule has 2 atom stereocenters. The van der Waals surface area contributed by atoms with E-state index in [1.165, 1.54) is 5.56 Å². The van der Waals surface area contributed by atoms with Gasteiger partial charge in [-0.1, -0.05) is 13.8 Å². The van der Waals surface area contributed by atoms with Crippen molar-refractivity contribution in [3.8, 4) is 5.88 Å². The minimum Gasteiger partial charge on any atom is -0.474 e. The summed E-state index contributed by atoms with van der Waals surface area (Å²) in [6, 6.07) is 5.70. The van der Waals surface area contributed by atoms with Gasteiger partial charge in [0.05, 0.1) is 22.1 Å². The Morgan fingerprint density at radius 3 is 2.73 bits per heavy atom. The van der Waals surface area contributed by atoms with Crippen LogP contribution in [-0.2, 0) is 10.2 Å². The summed E-state index contributed by atoms with van der Waals surface area (Å²) < 4.78 is 11.6. The van der Waals surface area contributed by atoms with Gasteiger partial charge in [0.25, 0.3) is 0 Å². The Kier molecular flexibility index (Phi) is 4.57. The van der Waals surface area contributed by atoms with Crippen molar-refractivity contribution in [1.82, 2.24) is 15.0 Å². The highest BCUT2D eigenvalue weighted by molar-refractivity contribution is 5.93. The molecule has 2 saturated carbocycles. The zero-order valence-electron chi connectivity index (χ0n) is 19.2. The molecule has 1 N–H and O–H groups in total. The molecule has 4 heterocycles. The van der Waals surface area contributed by atoms with E-state index in [4.69, 9.17) is 14.5 Å². The van der Waals surface area contributed by atoms with Gasteiger partial charge in [0.15, 0.2) is 0 Å². The molecular formula is C26H28N4O3. The van der Waals surface area contributed by atoms with E-state index in [-0.39, 0.29) is 23.6 Å². The molecule has 170 valence electrons. The van der Waals surface area contributed by atoms with Gasteiger partial charge in [0.2, 0.25) is 5.88 Å². The molecule has 0 bridgehead atoms. The molecule has 0 aromatic carbocycles. The molecule has 7 heteroatoms. The maximum absolute atomic E-state index is 12.4. The monoisotopic (exact) mass is 444 g/mol. The van der Waals surface area contributed by atoms with Gasteiger partial charge in [0.1, 0.15) is 23.8 Å². The number of cyclic esters (lactones) is 1. The molecule has 2 unspecified atom stereocenters. The number of aromatic nitrogens is 3. The number of anilines is 2. The largest absolute Gasteiger partial charge is 0.474 e. The van der Waals surface area contributed by atoms with Crippen LogP contribution in [0.3, 0.4) is 0 Å². The molecule has 1 spiro atoms. The average Bonchev–Trinajstić information content (AvgIpc) is 3.73. The average molecular weight is 445 g/mol. The lowest BCUT2D eigenvalue weighted by molar-refractivity contribution is 0.0183. The number of nitrogens with zero attached hydrogens (tertiary/aromatic N) is 3. The van der Waals surface area contributed by atoms with Crippen molar-refractivity contribution in [2.75, 3.05) is 5.32 Å². The van der Waals surface area contributed by atoms with Crippen molar-refractivity contribution in [3.63, 3.8) is 0 Å². The molecular weight excluding hydrogens is 416 g/mol. The molecule has 1 aliphatic heterocycles. The normalized spacial score (nSPS) is 21.4. The first-order valence-corrected chi connectivity index (χ1v) is 11.9. The summed E-state index contributed by atoms with van der Waals surface area (Å²) in [6.45, 7) is 6.36. The molecule has 3 aromatic rings. The number of ether oxygens (including phenoxy) is 2. The van der Waals surface area contributed by atoms with E-state index >= 15 is 0 Å². The first-order chi connectivity index (χ1) is 16.0. The molecule has 0 amide bonds. The number of esters is 1. The van der Waals surface area contributed by atoms with Crippen molar-refractivity contribution in [2.45, 2.75) is 76.4 Å². The van der Waals surface area contributed by atoms with Crippen LogP contribution in [0.5, 0.6) is 5.88 Å². The summed E-state index contributed by atoms with van der Waals surface area (Å²) in [5.74, 6) is 2.14. The van der Waals surface area contributed by atoms with Gasteiger partial charge in [-0.15, -0.1) is 0 Å². The third-order valence-electron chi connectivity index (χ3n) is 7.41. The van der Waals surface area contributed by atoms with Crippen LogP contribution < -0.4 is 10.1 Å². The first kappa shape index (κ1) is 20.4. The van der Waals surface area contributed by atoms with Crippen LogP contribution >= 0.6 is 0 Å². The zero-order valence-corrected chi connectivity index (χ0v) is 19.2. The van der Waals surface area contributed by atoms with Crippen molar-refractivity contribution in [2.24, 2.45) is 0 Å². The number of rotatable bonds is 6. The molecule has 2 fully saturated rings. The van der Waals surface area contributed by atoms with Crippen LogP contribution in [0.25, 0.3) is 10.8 Å². The van der Waals surface area contributed by atoms with E-state index in [9.17, 15) is 4.79 Å². The number of carbonyl (C=O) groups is 1. The molecule has 6 rings (SSSR count). The molecule has 0 saturated heterocycles. The fourth-order valence-corrected chi connectivity index (χ4v) is 4.76. The number of hydrogen-bond acceptors (Lipinski definition) is 7. The second kappa shape index (κ2) is 7.40. The lowest BCUT2D eigenvalue weighted by atomic mass is 9.89. The van der Waals surface area contributed by atoms with Crippen LogP contribution in [0.4, 0.5) is 11.6 Å². The number of nitrogens with one attached hydrogen (secondary N) is 1. The van der Waals surface area contributed by atoms with Crippen molar-refractivity contribution in [1.29, 1.82) is 0 Å². The maximum atomic E-state index is 12.4. The molecule has 0 radical (unpaired) electrons. The van der Waals surface area contributed by atoms with E-state index < -0.39 is 0 Å². The van der Waals surface area contributed by atoms with E-state index in [2.05, 4.69) is 35.2 Å². The number of hydrogen-bond donors (Lipinski definition) is 1. The third-order valence-corrected chi connectivity index (χ3v) is 7.41. The van der Waals surface area contributed by atoms with Crippen LogP contribution in [0.2, 0.25) is 0 Å². The van der Waals surface area contributed by atoms with Crippen LogP contribution in [0.1, 0.15) is 80.4 Å². The summed E-state index contributed by atoms with van der Waals surface area (Å²) >= 11 is 0. The summed E-state index contributed by atoms with van der Waals surface area (Å²) in [6.07, 6.45) is 9.09. The van der Waals surface area contributed by atoms with Crippen molar-refractivity contribution >= 4 is 28.4 Å². The van der Waals surface area contributed by atoms with Gasteiger partial charge in [-0.05, 0) is 74.1 Å². The topological polar surface area (TPSA) is 86.2 Å². The van der Waals surface area contributed by atoms with Crippen molar-refractivity contribution < 1.29 is 14.3 Å². The molecule has 2 aliphatic carbocycles. The summed E-state index contributed by atoms with van der Waals surface area (Å²) in [5.41, 5.74) is 2.48. The van der Waals surface area contributed by atoms with E-state index in [1.54, 1.807) is 0 Å². The van der Waals surface area contributed by atoms with Gasteiger partial charge in [-0.2, -0.15) is 0 Å². The van der Waals surface area contributed by atoms with Gasteiger partial charge in [-0.3, -0.25) is 0 Å². The van der Waals surface area contributed by atoms with Crippen LogP contribution in [0, 0.1) is 0 Å². The molecule has 7 nitrogen and oxygen atoms in total. The zero-order chi connectivity index (χ0) is 22.7. The summed E-state index contributed by atoms with van der Waals surface area (Å²) in [4.78, 5) is 26.5. The summed E-state index contributed by atoms with van der Waals surface area (Å²) in [7, 11) is 0. The third kappa shape index (κ3) is 3.41. The number of pyridine rings is 3. The van der Waals surface area contributed by atoms with Gasteiger partial charge in [-0.25, -0.2) is 19.7 Å².